The highest BCUT2D eigenvalue weighted by atomic mass is 32.1. The first-order valence-corrected chi connectivity index (χ1v) is 6.39. The van der Waals surface area contributed by atoms with Crippen LogP contribution >= 0.6 is 11.5 Å². The first kappa shape index (κ1) is 13.9. The zero-order valence-corrected chi connectivity index (χ0v) is 11.3. The number of rotatable bonds is 7. The summed E-state index contributed by atoms with van der Waals surface area (Å²) in [4.78, 5) is 13.2. The average Bonchev–Trinajstić information content (AvgIpc) is 2.74. The van der Waals surface area contributed by atoms with Gasteiger partial charge in [-0.2, -0.15) is 0 Å². The van der Waals surface area contributed by atoms with Crippen LogP contribution in [0.25, 0.3) is 0 Å². The third kappa shape index (κ3) is 4.66. The lowest BCUT2D eigenvalue weighted by atomic mass is 10.3. The highest BCUT2D eigenvalue weighted by Gasteiger charge is 2.10. The van der Waals surface area contributed by atoms with Crippen LogP contribution in [0.15, 0.2) is 0 Å². The van der Waals surface area contributed by atoms with Crippen molar-refractivity contribution in [3.05, 3.63) is 5.69 Å². The number of anilines is 1. The second-order valence-corrected chi connectivity index (χ2v) is 4.49. The van der Waals surface area contributed by atoms with Gasteiger partial charge in [-0.05, 0) is 14.0 Å². The molecule has 1 heterocycles. The van der Waals surface area contributed by atoms with Gasteiger partial charge in [0.15, 0.2) is 0 Å². The summed E-state index contributed by atoms with van der Waals surface area (Å²) in [6, 6.07) is 0. The molecule has 0 atom stereocenters. The van der Waals surface area contributed by atoms with Crippen LogP contribution in [0.3, 0.4) is 0 Å². The molecule has 1 amide bonds. The molecule has 1 aromatic rings. The van der Waals surface area contributed by atoms with Gasteiger partial charge in [0.05, 0.1) is 0 Å². The van der Waals surface area contributed by atoms with Crippen LogP contribution in [0.4, 0.5) is 5.00 Å². The summed E-state index contributed by atoms with van der Waals surface area (Å²) in [6.07, 6.45) is 0.501. The summed E-state index contributed by atoms with van der Waals surface area (Å²) < 4.78 is 3.93. The first-order chi connectivity index (χ1) is 8.17. The molecule has 0 saturated heterocycles. The number of hydrogen-bond acceptors (Lipinski definition) is 6. The van der Waals surface area contributed by atoms with Crippen molar-refractivity contribution < 1.29 is 4.79 Å². The van der Waals surface area contributed by atoms with Crippen LogP contribution < -0.4 is 10.6 Å². The Morgan fingerprint density at radius 1 is 1.53 bits per heavy atom. The van der Waals surface area contributed by atoms with Crippen molar-refractivity contribution in [1.29, 1.82) is 0 Å². The number of amides is 1. The zero-order valence-electron chi connectivity index (χ0n) is 10.5. The molecular formula is C10H19N5OS. The Morgan fingerprint density at radius 3 is 2.94 bits per heavy atom. The minimum atomic E-state index is 0.0557. The van der Waals surface area contributed by atoms with E-state index in [9.17, 15) is 4.79 Å². The van der Waals surface area contributed by atoms with Crippen molar-refractivity contribution in [2.75, 3.05) is 32.5 Å². The molecule has 17 heavy (non-hydrogen) atoms. The lowest BCUT2D eigenvalue weighted by Gasteiger charge is -2.15. The Bertz CT molecular complexity index is 354. The van der Waals surface area contributed by atoms with Crippen LogP contribution in [0.2, 0.25) is 0 Å². The normalized spacial score (nSPS) is 10.6. The van der Waals surface area contributed by atoms with E-state index in [1.54, 1.807) is 7.05 Å². The maximum atomic E-state index is 11.1. The van der Waals surface area contributed by atoms with Gasteiger partial charge < -0.3 is 10.6 Å². The van der Waals surface area contributed by atoms with Crippen LogP contribution in [0.5, 0.6) is 0 Å². The van der Waals surface area contributed by atoms with Gasteiger partial charge in [-0.1, -0.05) is 4.49 Å². The molecule has 0 aliphatic heterocycles. The van der Waals surface area contributed by atoms with Crippen LogP contribution in [-0.4, -0.2) is 47.6 Å². The van der Waals surface area contributed by atoms with Crippen molar-refractivity contribution in [3.63, 3.8) is 0 Å². The Balaban J connectivity index is 2.41. The fourth-order valence-corrected chi connectivity index (χ4v) is 2.00. The Kier molecular flexibility index (Phi) is 5.85. The molecule has 2 N–H and O–H groups in total. The molecule has 96 valence electrons. The van der Waals surface area contributed by atoms with Gasteiger partial charge in [-0.3, -0.25) is 9.69 Å². The average molecular weight is 257 g/mol. The van der Waals surface area contributed by atoms with Gasteiger partial charge in [-0.15, -0.1) is 5.10 Å². The molecule has 0 saturated carbocycles. The largest absolute Gasteiger partial charge is 0.374 e. The summed E-state index contributed by atoms with van der Waals surface area (Å²) in [5, 5.41) is 10.9. The Hall–Kier alpha value is -1.21. The lowest BCUT2D eigenvalue weighted by molar-refractivity contribution is -0.120. The SMILES string of the molecule is CCNc1snnc1CN(C)CCC(=O)NC. The fraction of sp³-hybridized carbons (Fsp3) is 0.700. The lowest BCUT2D eigenvalue weighted by Crippen LogP contribution is -2.26. The molecule has 6 nitrogen and oxygen atoms in total. The molecule has 0 aliphatic carbocycles. The molecule has 0 aromatic carbocycles. The fourth-order valence-electron chi connectivity index (χ4n) is 1.36. The smallest absolute Gasteiger partial charge is 0.221 e. The molecule has 0 bridgehead atoms. The molecule has 1 aromatic heterocycles. The molecule has 0 spiro atoms. The first-order valence-electron chi connectivity index (χ1n) is 5.61. The van der Waals surface area contributed by atoms with Crippen molar-refractivity contribution in [2.24, 2.45) is 0 Å². The monoisotopic (exact) mass is 257 g/mol. The maximum Gasteiger partial charge on any atom is 0.221 e. The summed E-state index contributed by atoms with van der Waals surface area (Å²) in [5.74, 6) is 0.0557. The molecule has 0 radical (unpaired) electrons. The second kappa shape index (κ2) is 7.18. The van der Waals surface area contributed by atoms with Crippen molar-refractivity contribution in [2.45, 2.75) is 19.9 Å². The quantitative estimate of drug-likeness (QED) is 0.746. The minimum absolute atomic E-state index is 0.0557. The standard InChI is InChI=1S/C10H19N5OS/c1-4-12-10-8(13-14-17-10)7-15(3)6-5-9(16)11-2/h12H,4-7H2,1-3H3,(H,11,16). The maximum absolute atomic E-state index is 11.1. The van der Waals surface area contributed by atoms with Crippen LogP contribution in [0, 0.1) is 0 Å². The topological polar surface area (TPSA) is 70.2 Å². The third-order valence-corrected chi connectivity index (χ3v) is 3.04. The summed E-state index contributed by atoms with van der Waals surface area (Å²) in [7, 11) is 3.62. The van der Waals surface area contributed by atoms with Gasteiger partial charge in [-0.25, -0.2) is 0 Å². The number of hydrogen-bond donors (Lipinski definition) is 2. The Labute approximate surface area is 106 Å². The van der Waals surface area contributed by atoms with E-state index in [0.717, 1.165) is 17.2 Å². The highest BCUT2D eigenvalue weighted by molar-refractivity contribution is 7.10. The summed E-state index contributed by atoms with van der Waals surface area (Å²) in [6.45, 7) is 4.32. The number of aromatic nitrogens is 2. The predicted octanol–water partition coefficient (Wildman–Crippen LogP) is 0.538. The number of carbonyl (C=O) groups excluding carboxylic acids is 1. The van der Waals surface area contributed by atoms with E-state index in [0.29, 0.717) is 19.5 Å². The van der Waals surface area contributed by atoms with E-state index < -0.39 is 0 Å². The van der Waals surface area contributed by atoms with E-state index in [-0.39, 0.29) is 5.91 Å². The molecule has 0 fully saturated rings. The molecule has 0 aliphatic rings. The van der Waals surface area contributed by atoms with E-state index in [1.165, 1.54) is 11.5 Å². The molecular weight excluding hydrogens is 238 g/mol. The molecule has 1 rings (SSSR count). The van der Waals surface area contributed by atoms with Crippen molar-refractivity contribution in [3.8, 4) is 0 Å². The highest BCUT2D eigenvalue weighted by Crippen LogP contribution is 2.18. The van der Waals surface area contributed by atoms with E-state index in [1.807, 2.05) is 14.0 Å². The minimum Gasteiger partial charge on any atom is -0.374 e. The van der Waals surface area contributed by atoms with E-state index in [4.69, 9.17) is 0 Å². The molecule has 7 heteroatoms. The number of nitrogens with zero attached hydrogens (tertiary/aromatic N) is 3. The second-order valence-electron chi connectivity index (χ2n) is 3.74. The number of nitrogens with one attached hydrogen (secondary N) is 2. The van der Waals surface area contributed by atoms with Gasteiger partial charge in [0.25, 0.3) is 0 Å². The van der Waals surface area contributed by atoms with Crippen molar-refractivity contribution >= 4 is 22.4 Å². The molecule has 0 unspecified atom stereocenters. The van der Waals surface area contributed by atoms with Gasteiger partial charge in [0.1, 0.15) is 10.7 Å². The van der Waals surface area contributed by atoms with Gasteiger partial charge in [0.2, 0.25) is 5.91 Å². The third-order valence-electron chi connectivity index (χ3n) is 2.31. The van der Waals surface area contributed by atoms with Crippen molar-refractivity contribution in [1.82, 2.24) is 19.8 Å². The Morgan fingerprint density at radius 2 is 2.29 bits per heavy atom. The predicted molar refractivity (Wildman–Crippen MR) is 69.1 cm³/mol. The van der Waals surface area contributed by atoms with E-state index in [2.05, 4.69) is 25.1 Å². The van der Waals surface area contributed by atoms with Gasteiger partial charge in [0, 0.05) is 44.6 Å². The van der Waals surface area contributed by atoms with E-state index >= 15 is 0 Å². The zero-order chi connectivity index (χ0) is 12.7. The van der Waals surface area contributed by atoms with Crippen LogP contribution in [-0.2, 0) is 11.3 Å². The van der Waals surface area contributed by atoms with Gasteiger partial charge >= 0.3 is 0 Å². The van der Waals surface area contributed by atoms with Crippen LogP contribution in [0.1, 0.15) is 19.0 Å². The number of carbonyl (C=O) groups is 1. The summed E-state index contributed by atoms with van der Waals surface area (Å²) in [5.41, 5.74) is 0.941. The summed E-state index contributed by atoms with van der Waals surface area (Å²) >= 11 is 1.37.